The molecule has 2 heterocycles. The summed E-state index contributed by atoms with van der Waals surface area (Å²) in [5.41, 5.74) is 2.51. The monoisotopic (exact) mass is 356 g/mol. The zero-order chi connectivity index (χ0) is 18.8. The number of benzene rings is 2. The predicted molar refractivity (Wildman–Crippen MR) is 103 cm³/mol. The van der Waals surface area contributed by atoms with Gasteiger partial charge >= 0.3 is 0 Å². The molecule has 0 saturated carbocycles. The Bertz CT molecular complexity index is 1130. The second-order valence-electron chi connectivity index (χ2n) is 6.06. The van der Waals surface area contributed by atoms with Gasteiger partial charge in [-0.25, -0.2) is 9.97 Å². The average Bonchev–Trinajstić information content (AvgIpc) is 3.08. The molecule has 6 heteroatoms. The summed E-state index contributed by atoms with van der Waals surface area (Å²) in [5.74, 6) is 0.139. The van der Waals surface area contributed by atoms with Gasteiger partial charge in [0.15, 0.2) is 0 Å². The number of hydrogen-bond acceptors (Lipinski definition) is 4. The molecule has 0 spiro atoms. The van der Waals surface area contributed by atoms with Crippen LogP contribution in [0.15, 0.2) is 73.1 Å². The van der Waals surface area contributed by atoms with Crippen LogP contribution in [-0.2, 0) is 4.79 Å². The highest BCUT2D eigenvalue weighted by Crippen LogP contribution is 2.25. The number of amides is 1. The fourth-order valence-corrected chi connectivity index (χ4v) is 3.00. The number of fused-ring (bicyclic) bond motifs is 1. The standard InChI is InChI=1S/C21H16N4O2/c1-14(26)24-17-9-7-15(8-10-17)20(27)19-13-16-5-2-3-6-18(16)25(19)21-22-11-4-12-23-21/h2-13H,1H3,(H,24,26). The minimum absolute atomic E-state index is 0.145. The van der Waals surface area contributed by atoms with E-state index in [1.54, 1.807) is 47.3 Å². The number of ketones is 1. The smallest absolute Gasteiger partial charge is 0.234 e. The van der Waals surface area contributed by atoms with Crippen molar-refractivity contribution in [1.82, 2.24) is 14.5 Å². The third-order valence-electron chi connectivity index (χ3n) is 4.16. The molecule has 4 aromatic rings. The minimum atomic E-state index is -0.157. The van der Waals surface area contributed by atoms with E-state index in [1.165, 1.54) is 6.92 Å². The van der Waals surface area contributed by atoms with E-state index in [2.05, 4.69) is 15.3 Å². The first kappa shape index (κ1) is 16.7. The molecule has 2 aromatic heterocycles. The van der Waals surface area contributed by atoms with Crippen LogP contribution in [0.1, 0.15) is 23.0 Å². The molecular formula is C21H16N4O2. The van der Waals surface area contributed by atoms with Crippen LogP contribution in [0.2, 0.25) is 0 Å². The third kappa shape index (κ3) is 3.20. The van der Waals surface area contributed by atoms with Gasteiger partial charge in [-0.15, -0.1) is 0 Å². The van der Waals surface area contributed by atoms with Crippen LogP contribution in [-0.4, -0.2) is 26.2 Å². The normalized spacial score (nSPS) is 10.7. The lowest BCUT2D eigenvalue weighted by molar-refractivity contribution is -0.114. The zero-order valence-electron chi connectivity index (χ0n) is 14.6. The summed E-state index contributed by atoms with van der Waals surface area (Å²) in [4.78, 5) is 33.0. The molecule has 0 aliphatic rings. The van der Waals surface area contributed by atoms with Gasteiger partial charge in [0.1, 0.15) is 0 Å². The van der Waals surface area contributed by atoms with Crippen molar-refractivity contribution in [3.05, 3.63) is 84.3 Å². The van der Waals surface area contributed by atoms with Gasteiger partial charge in [-0.05, 0) is 42.5 Å². The summed E-state index contributed by atoms with van der Waals surface area (Å²) in [6.45, 7) is 1.44. The molecule has 132 valence electrons. The largest absolute Gasteiger partial charge is 0.326 e. The van der Waals surface area contributed by atoms with Gasteiger partial charge in [0.05, 0.1) is 11.2 Å². The van der Waals surface area contributed by atoms with Crippen LogP contribution in [0, 0.1) is 0 Å². The lowest BCUT2D eigenvalue weighted by Gasteiger charge is -2.09. The average molecular weight is 356 g/mol. The van der Waals surface area contributed by atoms with Crippen molar-refractivity contribution in [3.63, 3.8) is 0 Å². The molecule has 27 heavy (non-hydrogen) atoms. The summed E-state index contributed by atoms with van der Waals surface area (Å²) in [6.07, 6.45) is 3.29. The third-order valence-corrected chi connectivity index (χ3v) is 4.16. The number of hydrogen-bond donors (Lipinski definition) is 1. The van der Waals surface area contributed by atoms with Gasteiger partial charge in [-0.3, -0.25) is 14.2 Å². The number of rotatable bonds is 4. The van der Waals surface area contributed by atoms with Crippen LogP contribution in [0.3, 0.4) is 0 Å². The Morgan fingerprint density at radius 2 is 1.63 bits per heavy atom. The topological polar surface area (TPSA) is 76.9 Å². The van der Waals surface area contributed by atoms with E-state index in [4.69, 9.17) is 0 Å². The van der Waals surface area contributed by atoms with E-state index in [0.717, 1.165) is 10.9 Å². The van der Waals surface area contributed by atoms with E-state index in [-0.39, 0.29) is 11.7 Å². The molecule has 1 amide bonds. The molecule has 0 aliphatic carbocycles. The molecule has 6 nitrogen and oxygen atoms in total. The molecule has 4 rings (SSSR count). The van der Waals surface area contributed by atoms with E-state index in [0.29, 0.717) is 22.9 Å². The minimum Gasteiger partial charge on any atom is -0.326 e. The summed E-state index contributed by atoms with van der Waals surface area (Å²) in [5, 5.41) is 3.63. The molecule has 0 radical (unpaired) electrons. The second kappa shape index (κ2) is 6.84. The van der Waals surface area contributed by atoms with Crippen LogP contribution >= 0.6 is 0 Å². The van der Waals surface area contributed by atoms with E-state index < -0.39 is 0 Å². The van der Waals surface area contributed by atoms with Gasteiger partial charge in [0, 0.05) is 36.0 Å². The molecular weight excluding hydrogens is 340 g/mol. The molecule has 0 saturated heterocycles. The summed E-state index contributed by atoms with van der Waals surface area (Å²) in [7, 11) is 0. The molecule has 2 aromatic carbocycles. The lowest BCUT2D eigenvalue weighted by atomic mass is 10.1. The van der Waals surface area contributed by atoms with Crippen molar-refractivity contribution < 1.29 is 9.59 Å². The van der Waals surface area contributed by atoms with Crippen molar-refractivity contribution in [3.8, 4) is 5.95 Å². The number of carbonyl (C=O) groups is 2. The second-order valence-corrected chi connectivity index (χ2v) is 6.06. The van der Waals surface area contributed by atoms with Crippen molar-refractivity contribution >= 4 is 28.3 Å². The van der Waals surface area contributed by atoms with Crippen molar-refractivity contribution in [2.24, 2.45) is 0 Å². The van der Waals surface area contributed by atoms with Crippen molar-refractivity contribution in [2.75, 3.05) is 5.32 Å². The first-order valence-corrected chi connectivity index (χ1v) is 8.44. The van der Waals surface area contributed by atoms with E-state index in [1.807, 2.05) is 30.3 Å². The predicted octanol–water partition coefficient (Wildman–Crippen LogP) is 3.61. The van der Waals surface area contributed by atoms with E-state index in [9.17, 15) is 9.59 Å². The summed E-state index contributed by atoms with van der Waals surface area (Å²) < 4.78 is 1.76. The maximum absolute atomic E-state index is 13.2. The van der Waals surface area contributed by atoms with Crippen molar-refractivity contribution in [2.45, 2.75) is 6.92 Å². The summed E-state index contributed by atoms with van der Waals surface area (Å²) in [6, 6.07) is 18.1. The number of anilines is 1. The number of nitrogens with zero attached hydrogens (tertiary/aromatic N) is 3. The summed E-state index contributed by atoms with van der Waals surface area (Å²) >= 11 is 0. The highest BCUT2D eigenvalue weighted by atomic mass is 16.1. The quantitative estimate of drug-likeness (QED) is 0.567. The highest BCUT2D eigenvalue weighted by molar-refractivity contribution is 6.11. The Kier molecular flexibility index (Phi) is 4.22. The van der Waals surface area contributed by atoms with Crippen LogP contribution < -0.4 is 5.32 Å². The van der Waals surface area contributed by atoms with Gasteiger partial charge in [-0.1, -0.05) is 18.2 Å². The van der Waals surface area contributed by atoms with Crippen molar-refractivity contribution in [1.29, 1.82) is 0 Å². The van der Waals surface area contributed by atoms with Crippen LogP contribution in [0.4, 0.5) is 5.69 Å². The SMILES string of the molecule is CC(=O)Nc1ccc(C(=O)c2cc3ccccc3n2-c2ncccn2)cc1. The number of carbonyl (C=O) groups excluding carboxylic acids is 2. The van der Waals surface area contributed by atoms with E-state index >= 15 is 0 Å². The van der Waals surface area contributed by atoms with Gasteiger partial charge in [0.25, 0.3) is 0 Å². The molecule has 0 atom stereocenters. The Morgan fingerprint density at radius 1 is 0.926 bits per heavy atom. The Hall–Kier alpha value is -3.80. The lowest BCUT2D eigenvalue weighted by Crippen LogP contribution is -2.11. The maximum atomic E-state index is 13.2. The molecule has 0 aliphatic heterocycles. The molecule has 0 fully saturated rings. The highest BCUT2D eigenvalue weighted by Gasteiger charge is 2.19. The zero-order valence-corrected chi connectivity index (χ0v) is 14.6. The number of nitrogens with one attached hydrogen (secondary N) is 1. The molecule has 1 N–H and O–H groups in total. The van der Waals surface area contributed by atoms with Crippen LogP contribution in [0.25, 0.3) is 16.9 Å². The molecule has 0 bridgehead atoms. The van der Waals surface area contributed by atoms with Gasteiger partial charge in [0.2, 0.25) is 17.6 Å². The fraction of sp³-hybridized carbons (Fsp3) is 0.0476. The molecule has 0 unspecified atom stereocenters. The Labute approximate surface area is 155 Å². The number of aromatic nitrogens is 3. The van der Waals surface area contributed by atoms with Crippen LogP contribution in [0.5, 0.6) is 0 Å². The fourth-order valence-electron chi connectivity index (χ4n) is 3.00. The first-order valence-electron chi connectivity index (χ1n) is 8.44. The van der Waals surface area contributed by atoms with Gasteiger partial charge in [-0.2, -0.15) is 0 Å². The number of para-hydroxylation sites is 1. The first-order chi connectivity index (χ1) is 13.1. The maximum Gasteiger partial charge on any atom is 0.234 e. The Balaban J connectivity index is 1.81. The van der Waals surface area contributed by atoms with Gasteiger partial charge < -0.3 is 5.32 Å². The Morgan fingerprint density at radius 3 is 2.33 bits per heavy atom.